The Labute approximate surface area is 92.5 Å². The van der Waals surface area contributed by atoms with Gasteiger partial charge in [0.15, 0.2) is 0 Å². The Morgan fingerprint density at radius 2 is 2.14 bits per heavy atom. The van der Waals surface area contributed by atoms with Gasteiger partial charge in [-0.2, -0.15) is 0 Å². The van der Waals surface area contributed by atoms with Crippen molar-refractivity contribution in [1.29, 1.82) is 0 Å². The zero-order valence-corrected chi connectivity index (χ0v) is 9.90. The van der Waals surface area contributed by atoms with E-state index in [2.05, 4.69) is 20.9 Å². The van der Waals surface area contributed by atoms with Crippen molar-refractivity contribution in [3.63, 3.8) is 0 Å². The minimum absolute atomic E-state index is 0.136. The maximum atomic E-state index is 9.80. The van der Waals surface area contributed by atoms with E-state index in [9.17, 15) is 5.11 Å². The maximum Gasteiger partial charge on any atom is 0.110 e. The molecule has 0 aromatic carbocycles. The third kappa shape index (κ3) is 2.53. The molecule has 14 heavy (non-hydrogen) atoms. The number of hydrogen-bond donors (Lipinski definition) is 2. The SMILES string of the molecule is CC(C)[C@H](O)[C@H](N)c1cccnc1Br. The number of aliphatic hydroxyl groups is 1. The van der Waals surface area contributed by atoms with E-state index in [0.29, 0.717) is 4.60 Å². The van der Waals surface area contributed by atoms with Gasteiger partial charge in [-0.3, -0.25) is 0 Å². The predicted octanol–water partition coefficient (Wildman–Crippen LogP) is 1.86. The number of aliphatic hydroxyl groups excluding tert-OH is 1. The van der Waals surface area contributed by atoms with E-state index in [-0.39, 0.29) is 5.92 Å². The lowest BCUT2D eigenvalue weighted by Crippen LogP contribution is -2.30. The summed E-state index contributed by atoms with van der Waals surface area (Å²) in [6.07, 6.45) is 1.14. The van der Waals surface area contributed by atoms with Gasteiger partial charge in [0.05, 0.1) is 12.1 Å². The Morgan fingerprint density at radius 1 is 1.50 bits per heavy atom. The Hall–Kier alpha value is -0.450. The fourth-order valence-electron chi connectivity index (χ4n) is 1.25. The Bertz CT molecular complexity index is 304. The lowest BCUT2D eigenvalue weighted by atomic mass is 9.96. The molecule has 0 fully saturated rings. The zero-order valence-electron chi connectivity index (χ0n) is 8.31. The van der Waals surface area contributed by atoms with Crippen molar-refractivity contribution in [2.45, 2.75) is 26.0 Å². The van der Waals surface area contributed by atoms with Crippen molar-refractivity contribution < 1.29 is 5.11 Å². The number of nitrogens with two attached hydrogens (primary N) is 1. The summed E-state index contributed by atoms with van der Waals surface area (Å²) < 4.78 is 0.701. The van der Waals surface area contributed by atoms with Gasteiger partial charge in [0.2, 0.25) is 0 Å². The van der Waals surface area contributed by atoms with Crippen LogP contribution in [0, 0.1) is 5.92 Å². The minimum Gasteiger partial charge on any atom is -0.391 e. The molecular weight excluding hydrogens is 244 g/mol. The van der Waals surface area contributed by atoms with E-state index in [0.717, 1.165) is 5.56 Å². The molecular formula is C10H15BrN2O. The molecule has 78 valence electrons. The molecule has 2 atom stereocenters. The summed E-state index contributed by atoms with van der Waals surface area (Å²) in [5.41, 5.74) is 6.76. The molecule has 1 aromatic rings. The van der Waals surface area contributed by atoms with Crippen LogP contribution < -0.4 is 5.73 Å². The fraction of sp³-hybridized carbons (Fsp3) is 0.500. The third-order valence-electron chi connectivity index (χ3n) is 2.20. The molecule has 0 saturated carbocycles. The number of aromatic nitrogens is 1. The highest BCUT2D eigenvalue weighted by Gasteiger charge is 2.21. The highest BCUT2D eigenvalue weighted by Crippen LogP contribution is 2.24. The topological polar surface area (TPSA) is 59.1 Å². The monoisotopic (exact) mass is 258 g/mol. The average Bonchev–Trinajstić information content (AvgIpc) is 2.16. The first kappa shape index (κ1) is 11.6. The van der Waals surface area contributed by atoms with Crippen molar-refractivity contribution in [1.82, 2.24) is 4.98 Å². The van der Waals surface area contributed by atoms with Crippen molar-refractivity contribution in [2.75, 3.05) is 0 Å². The smallest absolute Gasteiger partial charge is 0.110 e. The summed E-state index contributed by atoms with van der Waals surface area (Å²) in [4.78, 5) is 4.07. The Balaban J connectivity index is 2.89. The van der Waals surface area contributed by atoms with Gasteiger partial charge in [-0.15, -0.1) is 0 Å². The molecule has 3 N–H and O–H groups in total. The minimum atomic E-state index is -0.546. The van der Waals surface area contributed by atoms with Crippen LogP contribution in [0.2, 0.25) is 0 Å². The fourth-order valence-corrected chi connectivity index (χ4v) is 1.76. The van der Waals surface area contributed by atoms with Crippen molar-refractivity contribution >= 4 is 15.9 Å². The van der Waals surface area contributed by atoms with Gasteiger partial charge in [-0.1, -0.05) is 19.9 Å². The van der Waals surface area contributed by atoms with Crippen LogP contribution in [0.4, 0.5) is 0 Å². The van der Waals surface area contributed by atoms with E-state index in [1.54, 1.807) is 6.20 Å². The van der Waals surface area contributed by atoms with Crippen LogP contribution in [-0.2, 0) is 0 Å². The molecule has 1 aromatic heterocycles. The van der Waals surface area contributed by atoms with E-state index >= 15 is 0 Å². The second kappa shape index (κ2) is 4.87. The molecule has 0 aliphatic carbocycles. The molecule has 0 aliphatic rings. The lowest BCUT2D eigenvalue weighted by Gasteiger charge is -2.22. The van der Waals surface area contributed by atoms with Gasteiger partial charge in [0, 0.05) is 11.8 Å². The molecule has 0 unspecified atom stereocenters. The number of hydrogen-bond acceptors (Lipinski definition) is 3. The van der Waals surface area contributed by atoms with Crippen molar-refractivity contribution in [2.24, 2.45) is 11.7 Å². The number of rotatable bonds is 3. The molecule has 4 heteroatoms. The van der Waals surface area contributed by atoms with Crippen LogP contribution >= 0.6 is 15.9 Å². The van der Waals surface area contributed by atoms with Crippen LogP contribution in [-0.4, -0.2) is 16.2 Å². The zero-order chi connectivity index (χ0) is 10.7. The average molecular weight is 259 g/mol. The first-order valence-corrected chi connectivity index (χ1v) is 5.37. The molecule has 0 amide bonds. The molecule has 0 aliphatic heterocycles. The number of halogens is 1. The van der Waals surface area contributed by atoms with Gasteiger partial charge < -0.3 is 10.8 Å². The summed E-state index contributed by atoms with van der Waals surface area (Å²) in [6.45, 7) is 3.88. The largest absolute Gasteiger partial charge is 0.391 e. The van der Waals surface area contributed by atoms with Gasteiger partial charge in [-0.05, 0) is 27.9 Å². The first-order chi connectivity index (χ1) is 6.54. The van der Waals surface area contributed by atoms with Gasteiger partial charge in [0.25, 0.3) is 0 Å². The summed E-state index contributed by atoms with van der Waals surface area (Å²) in [5, 5.41) is 9.80. The predicted molar refractivity (Wildman–Crippen MR) is 59.7 cm³/mol. The Kier molecular flexibility index (Phi) is 4.04. The van der Waals surface area contributed by atoms with Gasteiger partial charge >= 0.3 is 0 Å². The van der Waals surface area contributed by atoms with E-state index in [4.69, 9.17) is 5.73 Å². The summed E-state index contributed by atoms with van der Waals surface area (Å²) >= 11 is 3.31. The first-order valence-electron chi connectivity index (χ1n) is 4.58. The Morgan fingerprint density at radius 3 is 2.64 bits per heavy atom. The molecule has 0 spiro atoms. The van der Waals surface area contributed by atoms with Crippen LogP contribution in [0.15, 0.2) is 22.9 Å². The normalized spacial score (nSPS) is 15.6. The number of nitrogens with zero attached hydrogens (tertiary/aromatic N) is 1. The van der Waals surface area contributed by atoms with E-state index in [1.165, 1.54) is 0 Å². The molecule has 1 rings (SSSR count). The number of pyridine rings is 1. The van der Waals surface area contributed by atoms with Crippen LogP contribution in [0.25, 0.3) is 0 Å². The standard InChI is InChI=1S/C10H15BrN2O/c1-6(2)9(14)8(12)7-4-3-5-13-10(7)11/h3-6,8-9,14H,12H2,1-2H3/t8-,9+/m1/s1. The maximum absolute atomic E-state index is 9.80. The molecule has 0 saturated heterocycles. The highest BCUT2D eigenvalue weighted by molar-refractivity contribution is 9.10. The van der Waals surface area contributed by atoms with E-state index in [1.807, 2.05) is 26.0 Å². The molecule has 0 bridgehead atoms. The van der Waals surface area contributed by atoms with Crippen LogP contribution in [0.3, 0.4) is 0 Å². The summed E-state index contributed by atoms with van der Waals surface area (Å²) in [6, 6.07) is 3.29. The van der Waals surface area contributed by atoms with Crippen molar-refractivity contribution in [3.8, 4) is 0 Å². The highest BCUT2D eigenvalue weighted by atomic mass is 79.9. The third-order valence-corrected chi connectivity index (χ3v) is 2.86. The molecule has 3 nitrogen and oxygen atoms in total. The second-order valence-corrected chi connectivity index (χ2v) is 4.39. The summed E-state index contributed by atoms with van der Waals surface area (Å²) in [5.74, 6) is 0.136. The van der Waals surface area contributed by atoms with Crippen LogP contribution in [0.5, 0.6) is 0 Å². The second-order valence-electron chi connectivity index (χ2n) is 3.64. The molecule has 1 heterocycles. The quantitative estimate of drug-likeness (QED) is 0.814. The van der Waals surface area contributed by atoms with Gasteiger partial charge in [0.1, 0.15) is 4.60 Å². The lowest BCUT2D eigenvalue weighted by molar-refractivity contribution is 0.0976. The van der Waals surface area contributed by atoms with Gasteiger partial charge in [-0.25, -0.2) is 4.98 Å². The van der Waals surface area contributed by atoms with Crippen molar-refractivity contribution in [3.05, 3.63) is 28.5 Å². The summed E-state index contributed by atoms with van der Waals surface area (Å²) in [7, 11) is 0. The molecule has 0 radical (unpaired) electrons. The van der Waals surface area contributed by atoms with E-state index < -0.39 is 12.1 Å². The van der Waals surface area contributed by atoms with Crippen LogP contribution in [0.1, 0.15) is 25.5 Å².